The predicted octanol–water partition coefficient (Wildman–Crippen LogP) is 11.5. The van der Waals surface area contributed by atoms with Gasteiger partial charge in [-0.05, 0) is 63.9 Å². The molecular weight excluding hydrogens is 510 g/mol. The van der Waals surface area contributed by atoms with Gasteiger partial charge < -0.3 is 9.32 Å². The molecule has 0 aliphatic rings. The number of nitrogens with zero attached hydrogens (tertiary/aromatic N) is 1. The first-order valence-corrected chi connectivity index (χ1v) is 14.3. The Labute approximate surface area is 244 Å². The quantitative estimate of drug-likeness (QED) is 0.217. The lowest BCUT2D eigenvalue weighted by Crippen LogP contribution is -2.11. The molecule has 0 spiro atoms. The van der Waals surface area contributed by atoms with Crippen LogP contribution < -0.4 is 4.90 Å². The van der Waals surface area contributed by atoms with E-state index in [1.165, 1.54) is 21.9 Å². The predicted molar refractivity (Wildman–Crippen MR) is 177 cm³/mol. The highest BCUT2D eigenvalue weighted by Crippen LogP contribution is 2.45. The highest BCUT2D eigenvalue weighted by atomic mass is 16.3. The molecule has 1 aromatic heterocycles. The number of furan rings is 1. The van der Waals surface area contributed by atoms with Gasteiger partial charge in [-0.25, -0.2) is 0 Å². The van der Waals surface area contributed by atoms with Crippen molar-refractivity contribution in [2.45, 2.75) is 0 Å². The second-order valence-corrected chi connectivity index (χ2v) is 10.6. The number of hydrogen-bond donors (Lipinski definition) is 0. The Balaban J connectivity index is 1.40. The van der Waals surface area contributed by atoms with E-state index in [0.29, 0.717) is 0 Å². The summed E-state index contributed by atoms with van der Waals surface area (Å²) in [4.78, 5) is 2.34. The van der Waals surface area contributed by atoms with E-state index in [1.807, 2.05) is 0 Å². The fraction of sp³-hybridized carbons (Fsp3) is 0. The van der Waals surface area contributed by atoms with Crippen LogP contribution in [0.25, 0.3) is 55.0 Å². The molecule has 0 N–H and O–H groups in total. The van der Waals surface area contributed by atoms with Crippen molar-refractivity contribution in [2.75, 3.05) is 4.90 Å². The maximum Gasteiger partial charge on any atom is 0.137 e. The normalized spacial score (nSPS) is 11.3. The van der Waals surface area contributed by atoms with Crippen LogP contribution in [0.5, 0.6) is 0 Å². The minimum absolute atomic E-state index is 0.873. The minimum atomic E-state index is 0.873. The average molecular weight is 538 g/mol. The van der Waals surface area contributed by atoms with E-state index in [0.717, 1.165) is 50.1 Å². The first kappa shape index (κ1) is 24.2. The molecule has 0 saturated carbocycles. The van der Waals surface area contributed by atoms with Crippen molar-refractivity contribution in [1.82, 2.24) is 0 Å². The van der Waals surface area contributed by atoms with Crippen LogP contribution in [-0.4, -0.2) is 0 Å². The second kappa shape index (κ2) is 10.1. The first-order chi connectivity index (χ1) is 20.8. The van der Waals surface area contributed by atoms with E-state index in [1.54, 1.807) is 0 Å². The molecule has 0 saturated heterocycles. The largest absolute Gasteiger partial charge is 0.456 e. The molecule has 0 fully saturated rings. The number of benzene rings is 7. The summed E-state index contributed by atoms with van der Waals surface area (Å²) in [5.41, 5.74) is 9.71. The highest BCUT2D eigenvalue weighted by Gasteiger charge is 2.21. The van der Waals surface area contributed by atoms with Crippen molar-refractivity contribution in [2.24, 2.45) is 0 Å². The van der Waals surface area contributed by atoms with Crippen LogP contribution in [0.2, 0.25) is 0 Å². The molecular formula is C40H27NO. The van der Waals surface area contributed by atoms with Gasteiger partial charge in [0.15, 0.2) is 0 Å². The zero-order valence-electron chi connectivity index (χ0n) is 22.9. The summed E-state index contributed by atoms with van der Waals surface area (Å²) in [6.07, 6.45) is 0. The van der Waals surface area contributed by atoms with E-state index in [9.17, 15) is 0 Å². The van der Waals surface area contributed by atoms with Crippen molar-refractivity contribution >= 4 is 49.8 Å². The third-order valence-corrected chi connectivity index (χ3v) is 8.05. The van der Waals surface area contributed by atoms with Crippen LogP contribution in [0.4, 0.5) is 17.1 Å². The molecule has 2 heteroatoms. The first-order valence-electron chi connectivity index (χ1n) is 14.3. The lowest BCUT2D eigenvalue weighted by atomic mass is 9.97. The SMILES string of the molecule is c1ccc(-c2ccc(N(c3ccccc3)c3cc4oc5ccc6ccccc6c5c4cc3-c3ccccc3)cc2)cc1. The van der Waals surface area contributed by atoms with Gasteiger partial charge in [0.25, 0.3) is 0 Å². The zero-order chi connectivity index (χ0) is 27.9. The van der Waals surface area contributed by atoms with Gasteiger partial charge >= 0.3 is 0 Å². The van der Waals surface area contributed by atoms with E-state index in [2.05, 4.69) is 169 Å². The zero-order valence-corrected chi connectivity index (χ0v) is 22.9. The number of rotatable bonds is 5. The smallest absolute Gasteiger partial charge is 0.137 e. The van der Waals surface area contributed by atoms with Gasteiger partial charge in [-0.15, -0.1) is 0 Å². The van der Waals surface area contributed by atoms with Crippen LogP contribution in [0, 0.1) is 0 Å². The third kappa shape index (κ3) is 4.13. The Morgan fingerprint density at radius 2 is 1.00 bits per heavy atom. The Hall–Kier alpha value is -5.60. The number of anilines is 3. The highest BCUT2D eigenvalue weighted by molar-refractivity contribution is 6.20. The molecule has 7 aromatic carbocycles. The van der Waals surface area contributed by atoms with Crippen LogP contribution >= 0.6 is 0 Å². The molecule has 0 atom stereocenters. The molecule has 2 nitrogen and oxygen atoms in total. The fourth-order valence-electron chi connectivity index (χ4n) is 6.05. The van der Waals surface area contributed by atoms with Gasteiger partial charge in [0.2, 0.25) is 0 Å². The molecule has 42 heavy (non-hydrogen) atoms. The molecule has 0 aliphatic carbocycles. The number of hydrogen-bond acceptors (Lipinski definition) is 2. The van der Waals surface area contributed by atoms with Gasteiger partial charge in [0.05, 0.1) is 5.69 Å². The number of para-hydroxylation sites is 1. The Bertz CT molecular complexity index is 2160. The summed E-state index contributed by atoms with van der Waals surface area (Å²) >= 11 is 0. The summed E-state index contributed by atoms with van der Waals surface area (Å²) in [7, 11) is 0. The Morgan fingerprint density at radius 1 is 0.405 bits per heavy atom. The van der Waals surface area contributed by atoms with Crippen molar-refractivity contribution < 1.29 is 4.42 Å². The van der Waals surface area contributed by atoms with E-state index in [4.69, 9.17) is 4.42 Å². The molecule has 0 unspecified atom stereocenters. The maximum atomic E-state index is 6.56. The molecule has 0 aliphatic heterocycles. The molecule has 1 heterocycles. The fourth-order valence-corrected chi connectivity index (χ4v) is 6.05. The summed E-state index contributed by atoms with van der Waals surface area (Å²) in [6, 6.07) is 57.9. The summed E-state index contributed by atoms with van der Waals surface area (Å²) < 4.78 is 6.56. The van der Waals surface area contributed by atoms with Crippen LogP contribution in [-0.2, 0) is 0 Å². The van der Waals surface area contributed by atoms with Crippen molar-refractivity contribution in [3.63, 3.8) is 0 Å². The Morgan fingerprint density at radius 3 is 1.74 bits per heavy atom. The average Bonchev–Trinajstić information content (AvgIpc) is 3.44. The van der Waals surface area contributed by atoms with Crippen LogP contribution in [0.3, 0.4) is 0 Å². The molecule has 0 bridgehead atoms. The topological polar surface area (TPSA) is 16.4 Å². The van der Waals surface area contributed by atoms with Crippen LogP contribution in [0.15, 0.2) is 168 Å². The third-order valence-electron chi connectivity index (χ3n) is 8.05. The van der Waals surface area contributed by atoms with E-state index in [-0.39, 0.29) is 0 Å². The standard InChI is InChI=1S/C40H27NO/c1-4-12-28(13-5-1)29-20-23-33(24-21-29)41(32-17-8-3-9-18-32)37-27-39-36(26-35(37)30-14-6-2-7-15-30)40-34-19-11-10-16-31(34)22-25-38(40)42-39/h1-27H. The molecule has 0 radical (unpaired) electrons. The maximum absolute atomic E-state index is 6.56. The monoisotopic (exact) mass is 537 g/mol. The summed E-state index contributed by atoms with van der Waals surface area (Å²) in [5, 5.41) is 4.70. The van der Waals surface area contributed by atoms with Gasteiger partial charge in [-0.2, -0.15) is 0 Å². The summed E-state index contributed by atoms with van der Waals surface area (Å²) in [5.74, 6) is 0. The molecule has 8 aromatic rings. The lowest BCUT2D eigenvalue weighted by Gasteiger charge is -2.28. The Kier molecular flexibility index (Phi) is 5.82. The van der Waals surface area contributed by atoms with Gasteiger partial charge in [0.1, 0.15) is 11.2 Å². The van der Waals surface area contributed by atoms with E-state index >= 15 is 0 Å². The van der Waals surface area contributed by atoms with Gasteiger partial charge in [-0.3, -0.25) is 0 Å². The minimum Gasteiger partial charge on any atom is -0.456 e. The van der Waals surface area contributed by atoms with Crippen molar-refractivity contribution in [1.29, 1.82) is 0 Å². The van der Waals surface area contributed by atoms with Crippen molar-refractivity contribution in [3.05, 3.63) is 164 Å². The van der Waals surface area contributed by atoms with Gasteiger partial charge in [-0.1, -0.05) is 121 Å². The van der Waals surface area contributed by atoms with Crippen molar-refractivity contribution in [3.8, 4) is 22.3 Å². The van der Waals surface area contributed by atoms with Gasteiger partial charge in [0, 0.05) is 33.8 Å². The second-order valence-electron chi connectivity index (χ2n) is 10.6. The molecule has 0 amide bonds. The lowest BCUT2D eigenvalue weighted by molar-refractivity contribution is 0.669. The van der Waals surface area contributed by atoms with Crippen LogP contribution in [0.1, 0.15) is 0 Å². The summed E-state index contributed by atoms with van der Waals surface area (Å²) in [6.45, 7) is 0. The molecule has 8 rings (SSSR count). The number of fused-ring (bicyclic) bond motifs is 5. The molecule has 198 valence electrons. The van der Waals surface area contributed by atoms with E-state index < -0.39 is 0 Å².